The number of hydrogen-bond acceptors (Lipinski definition) is 4. The average Bonchev–Trinajstić information content (AvgIpc) is 2.37. The lowest BCUT2D eigenvalue weighted by atomic mass is 10.1. The number of nitrogens with one attached hydrogen (secondary N) is 1. The van der Waals surface area contributed by atoms with Crippen molar-refractivity contribution >= 4 is 0 Å². The normalized spacial score (nSPS) is 20.4. The minimum absolute atomic E-state index is 0.512. The maximum atomic E-state index is 5.39. The second-order valence-electron chi connectivity index (χ2n) is 6.33. The second-order valence-corrected chi connectivity index (χ2v) is 6.33. The van der Waals surface area contributed by atoms with Gasteiger partial charge in [0.15, 0.2) is 0 Å². The summed E-state index contributed by atoms with van der Waals surface area (Å²) in [6.45, 7) is 16.7. The van der Waals surface area contributed by atoms with E-state index in [1.165, 1.54) is 13.1 Å². The molecule has 0 saturated carbocycles. The number of methoxy groups -OCH3 is 1. The van der Waals surface area contributed by atoms with Crippen molar-refractivity contribution in [3.63, 3.8) is 0 Å². The van der Waals surface area contributed by atoms with Gasteiger partial charge in [0.05, 0.1) is 6.61 Å². The Morgan fingerprint density at radius 3 is 2.00 bits per heavy atom. The first-order valence-corrected chi connectivity index (χ1v) is 7.72. The van der Waals surface area contributed by atoms with Crippen molar-refractivity contribution in [2.45, 2.75) is 39.8 Å². The standard InChI is InChI=1S/C15H33N3O/c1-13(2)10-16-11-15(12-19-5)18-8-6-17(7-9-18)14(3)4/h13-16H,6-12H2,1-5H3. The molecular formula is C15H33N3O. The number of rotatable bonds is 8. The van der Waals surface area contributed by atoms with E-state index < -0.39 is 0 Å². The first-order valence-electron chi connectivity index (χ1n) is 7.72. The quantitative estimate of drug-likeness (QED) is 0.719. The van der Waals surface area contributed by atoms with Gasteiger partial charge in [0.2, 0.25) is 0 Å². The van der Waals surface area contributed by atoms with Crippen LogP contribution >= 0.6 is 0 Å². The summed E-state index contributed by atoms with van der Waals surface area (Å²) in [5.74, 6) is 0.709. The molecular weight excluding hydrogens is 238 g/mol. The summed E-state index contributed by atoms with van der Waals surface area (Å²) >= 11 is 0. The van der Waals surface area contributed by atoms with Crippen LogP contribution in [0.25, 0.3) is 0 Å². The zero-order valence-electron chi connectivity index (χ0n) is 13.5. The fraction of sp³-hybridized carbons (Fsp3) is 1.00. The molecule has 19 heavy (non-hydrogen) atoms. The third-order valence-corrected chi connectivity index (χ3v) is 3.89. The van der Waals surface area contributed by atoms with Crippen molar-refractivity contribution in [3.05, 3.63) is 0 Å². The van der Waals surface area contributed by atoms with Gasteiger partial charge in [-0.05, 0) is 26.3 Å². The van der Waals surface area contributed by atoms with E-state index in [-0.39, 0.29) is 0 Å². The van der Waals surface area contributed by atoms with E-state index in [1.54, 1.807) is 7.11 Å². The molecule has 1 aliphatic rings. The lowest BCUT2D eigenvalue weighted by Crippen LogP contribution is -2.55. The zero-order chi connectivity index (χ0) is 14.3. The fourth-order valence-electron chi connectivity index (χ4n) is 2.64. The Morgan fingerprint density at radius 2 is 1.53 bits per heavy atom. The Bertz CT molecular complexity index is 225. The number of hydrogen-bond donors (Lipinski definition) is 1. The number of nitrogens with zero attached hydrogens (tertiary/aromatic N) is 2. The summed E-state index contributed by atoms with van der Waals surface area (Å²) in [5, 5.41) is 3.57. The molecule has 0 bridgehead atoms. The van der Waals surface area contributed by atoms with Crippen LogP contribution in [0.2, 0.25) is 0 Å². The van der Waals surface area contributed by atoms with Crippen molar-refractivity contribution in [3.8, 4) is 0 Å². The van der Waals surface area contributed by atoms with Gasteiger partial charge in [-0.25, -0.2) is 0 Å². The van der Waals surface area contributed by atoms with Gasteiger partial charge in [-0.1, -0.05) is 13.8 Å². The Balaban J connectivity index is 2.35. The summed E-state index contributed by atoms with van der Waals surface area (Å²) in [6.07, 6.45) is 0. The van der Waals surface area contributed by atoms with Gasteiger partial charge < -0.3 is 10.1 Å². The van der Waals surface area contributed by atoms with E-state index in [4.69, 9.17) is 4.74 Å². The molecule has 0 aromatic rings. The molecule has 0 aromatic heterocycles. The molecule has 1 heterocycles. The van der Waals surface area contributed by atoms with Crippen LogP contribution in [0.1, 0.15) is 27.7 Å². The van der Waals surface area contributed by atoms with Crippen molar-refractivity contribution in [2.75, 3.05) is 53.0 Å². The van der Waals surface area contributed by atoms with Gasteiger partial charge in [-0.3, -0.25) is 9.80 Å². The van der Waals surface area contributed by atoms with Crippen LogP contribution in [-0.4, -0.2) is 74.9 Å². The molecule has 4 nitrogen and oxygen atoms in total. The van der Waals surface area contributed by atoms with Gasteiger partial charge in [0.1, 0.15) is 0 Å². The van der Waals surface area contributed by atoms with E-state index >= 15 is 0 Å². The molecule has 114 valence electrons. The summed E-state index contributed by atoms with van der Waals surface area (Å²) < 4.78 is 5.39. The molecule has 1 aliphatic heterocycles. The fourth-order valence-corrected chi connectivity index (χ4v) is 2.64. The van der Waals surface area contributed by atoms with Crippen LogP contribution in [-0.2, 0) is 4.74 Å². The van der Waals surface area contributed by atoms with Crippen molar-refractivity contribution in [2.24, 2.45) is 5.92 Å². The highest BCUT2D eigenvalue weighted by Gasteiger charge is 2.24. The van der Waals surface area contributed by atoms with Crippen molar-refractivity contribution < 1.29 is 4.74 Å². The van der Waals surface area contributed by atoms with Crippen LogP contribution in [0, 0.1) is 5.92 Å². The van der Waals surface area contributed by atoms with E-state index in [2.05, 4.69) is 42.8 Å². The van der Waals surface area contributed by atoms with E-state index in [1.807, 2.05) is 0 Å². The SMILES string of the molecule is COCC(CNCC(C)C)N1CCN(C(C)C)CC1. The molecule has 1 N–H and O–H groups in total. The van der Waals surface area contributed by atoms with Crippen LogP contribution in [0.15, 0.2) is 0 Å². The highest BCUT2D eigenvalue weighted by atomic mass is 16.5. The average molecular weight is 271 g/mol. The number of piperazine rings is 1. The predicted octanol–water partition coefficient (Wildman–Crippen LogP) is 1.27. The third-order valence-electron chi connectivity index (χ3n) is 3.89. The second kappa shape index (κ2) is 8.90. The first-order chi connectivity index (χ1) is 9.04. The topological polar surface area (TPSA) is 27.7 Å². The summed E-state index contributed by atoms with van der Waals surface area (Å²) in [7, 11) is 1.81. The van der Waals surface area contributed by atoms with Crippen LogP contribution < -0.4 is 5.32 Å². The minimum Gasteiger partial charge on any atom is -0.383 e. The molecule has 0 spiro atoms. The molecule has 0 aromatic carbocycles. The molecule has 0 aliphatic carbocycles. The zero-order valence-corrected chi connectivity index (χ0v) is 13.5. The molecule has 0 amide bonds. The van der Waals surface area contributed by atoms with Crippen LogP contribution in [0.5, 0.6) is 0 Å². The lowest BCUT2D eigenvalue weighted by molar-refractivity contribution is 0.0403. The predicted molar refractivity (Wildman–Crippen MR) is 81.7 cm³/mol. The van der Waals surface area contributed by atoms with Gasteiger partial charge in [0.25, 0.3) is 0 Å². The molecule has 0 radical (unpaired) electrons. The van der Waals surface area contributed by atoms with Crippen LogP contribution in [0.4, 0.5) is 0 Å². The maximum absolute atomic E-state index is 5.39. The van der Waals surface area contributed by atoms with Crippen molar-refractivity contribution in [1.29, 1.82) is 0 Å². The molecule has 1 atom stereocenters. The molecule has 1 rings (SSSR count). The lowest BCUT2D eigenvalue weighted by Gasteiger charge is -2.40. The van der Waals surface area contributed by atoms with Gasteiger partial charge in [-0.2, -0.15) is 0 Å². The molecule has 4 heteroatoms. The summed E-state index contributed by atoms with van der Waals surface area (Å²) in [5.41, 5.74) is 0. The summed E-state index contributed by atoms with van der Waals surface area (Å²) in [4.78, 5) is 5.14. The monoisotopic (exact) mass is 271 g/mol. The van der Waals surface area contributed by atoms with E-state index in [0.29, 0.717) is 18.0 Å². The Kier molecular flexibility index (Phi) is 7.91. The largest absolute Gasteiger partial charge is 0.383 e. The van der Waals surface area contributed by atoms with E-state index in [9.17, 15) is 0 Å². The highest BCUT2D eigenvalue weighted by molar-refractivity contribution is 4.81. The Labute approximate surface area is 119 Å². The van der Waals surface area contributed by atoms with Crippen molar-refractivity contribution in [1.82, 2.24) is 15.1 Å². The molecule has 1 fully saturated rings. The van der Waals surface area contributed by atoms with Gasteiger partial charge in [-0.15, -0.1) is 0 Å². The Morgan fingerprint density at radius 1 is 0.947 bits per heavy atom. The Hall–Kier alpha value is -0.160. The van der Waals surface area contributed by atoms with Gasteiger partial charge >= 0.3 is 0 Å². The molecule has 1 saturated heterocycles. The minimum atomic E-state index is 0.512. The van der Waals surface area contributed by atoms with Gasteiger partial charge in [0, 0.05) is 51.9 Å². The summed E-state index contributed by atoms with van der Waals surface area (Å²) in [6, 6.07) is 1.18. The smallest absolute Gasteiger partial charge is 0.0630 e. The maximum Gasteiger partial charge on any atom is 0.0630 e. The molecule has 1 unspecified atom stereocenters. The third kappa shape index (κ3) is 6.21. The van der Waals surface area contributed by atoms with E-state index in [0.717, 1.165) is 32.8 Å². The van der Waals surface area contributed by atoms with Crippen LogP contribution in [0.3, 0.4) is 0 Å². The highest BCUT2D eigenvalue weighted by Crippen LogP contribution is 2.09. The number of ether oxygens (including phenoxy) is 1. The first kappa shape index (κ1) is 16.9.